The highest BCUT2D eigenvalue weighted by molar-refractivity contribution is 7.99. The molecule has 4 rings (SSSR count). The Hall–Kier alpha value is -2.52. The van der Waals surface area contributed by atoms with Gasteiger partial charge in [-0.1, -0.05) is 18.7 Å². The molecule has 1 aliphatic carbocycles. The van der Waals surface area contributed by atoms with Crippen LogP contribution in [-0.2, 0) is 17.6 Å². The monoisotopic (exact) mass is 445 g/mol. The number of anilines is 1. The quantitative estimate of drug-likeness (QED) is 0.442. The van der Waals surface area contributed by atoms with Gasteiger partial charge < -0.3 is 19.8 Å². The summed E-state index contributed by atoms with van der Waals surface area (Å²) in [6, 6.07) is 5.18. The average Bonchev–Trinajstić information content (AvgIpc) is 3.10. The second-order valence-electron chi connectivity index (χ2n) is 7.31. The van der Waals surface area contributed by atoms with Crippen LogP contribution in [-0.4, -0.2) is 35.8 Å². The lowest BCUT2D eigenvalue weighted by atomic mass is 9.89. The Balaban J connectivity index is 1.47. The number of hydrogen-bond donors (Lipinski definition) is 2. The lowest BCUT2D eigenvalue weighted by Crippen LogP contribution is -2.16. The molecule has 2 aromatic heterocycles. The summed E-state index contributed by atoms with van der Waals surface area (Å²) in [6.07, 6.45) is 3.04. The summed E-state index contributed by atoms with van der Waals surface area (Å²) in [5.74, 6) is 1.69. The first kappa shape index (κ1) is 20.7. The van der Waals surface area contributed by atoms with E-state index in [0.29, 0.717) is 28.3 Å². The van der Waals surface area contributed by atoms with Gasteiger partial charge in [-0.25, -0.2) is 4.98 Å². The van der Waals surface area contributed by atoms with Crippen molar-refractivity contribution in [3.05, 3.63) is 39.0 Å². The number of aromatic amines is 1. The molecule has 1 atom stereocenters. The number of aryl methyl sites for hydroxylation is 1. The molecule has 0 fully saturated rings. The highest BCUT2D eigenvalue weighted by atomic mass is 32.2. The first-order valence-electron chi connectivity index (χ1n) is 9.67. The standard InChI is InChI=1S/C21H23N3O4S2/c1-11-4-6-13-16(8-11)30-20-18(13)19(26)23-21(24-20)29-10-17(25)22-14-7-5-12(27-2)9-15(14)28-3/h5,7,9,11H,4,6,8,10H2,1-3H3,(H,22,25)(H,23,24,26)/t11-/m0/s1. The molecule has 9 heteroatoms. The van der Waals surface area contributed by atoms with Crippen molar-refractivity contribution in [3.63, 3.8) is 0 Å². The van der Waals surface area contributed by atoms with E-state index in [0.717, 1.165) is 35.0 Å². The smallest absolute Gasteiger partial charge is 0.260 e. The van der Waals surface area contributed by atoms with Gasteiger partial charge in [0, 0.05) is 10.9 Å². The average molecular weight is 446 g/mol. The minimum atomic E-state index is -0.217. The number of amides is 1. The number of methoxy groups -OCH3 is 2. The second-order valence-corrected chi connectivity index (χ2v) is 9.35. The fraction of sp³-hybridized carbons (Fsp3) is 0.381. The summed E-state index contributed by atoms with van der Waals surface area (Å²) in [7, 11) is 3.10. The normalized spacial score (nSPS) is 15.6. The summed E-state index contributed by atoms with van der Waals surface area (Å²) in [5.41, 5.74) is 1.59. The van der Waals surface area contributed by atoms with Crippen LogP contribution in [0.2, 0.25) is 0 Å². The summed E-state index contributed by atoms with van der Waals surface area (Å²) >= 11 is 2.81. The van der Waals surface area contributed by atoms with Crippen LogP contribution in [0.4, 0.5) is 5.69 Å². The molecule has 0 spiro atoms. The van der Waals surface area contributed by atoms with Crippen molar-refractivity contribution in [2.45, 2.75) is 31.3 Å². The topological polar surface area (TPSA) is 93.3 Å². The van der Waals surface area contributed by atoms with Crippen molar-refractivity contribution >= 4 is 44.9 Å². The van der Waals surface area contributed by atoms with Gasteiger partial charge in [-0.2, -0.15) is 0 Å². The van der Waals surface area contributed by atoms with Crippen LogP contribution in [0.25, 0.3) is 10.2 Å². The van der Waals surface area contributed by atoms with E-state index in [4.69, 9.17) is 9.47 Å². The molecule has 1 aromatic carbocycles. The van der Waals surface area contributed by atoms with Gasteiger partial charge in [-0.15, -0.1) is 11.3 Å². The zero-order valence-corrected chi connectivity index (χ0v) is 18.7. The third-order valence-electron chi connectivity index (χ3n) is 5.17. The summed E-state index contributed by atoms with van der Waals surface area (Å²) in [5, 5.41) is 4.00. The Morgan fingerprint density at radius 1 is 1.37 bits per heavy atom. The minimum absolute atomic E-state index is 0.117. The molecule has 30 heavy (non-hydrogen) atoms. The first-order chi connectivity index (χ1) is 14.5. The maximum absolute atomic E-state index is 12.7. The Labute approximate surface area is 182 Å². The molecule has 158 valence electrons. The predicted octanol–water partition coefficient (Wildman–Crippen LogP) is 3.86. The van der Waals surface area contributed by atoms with E-state index < -0.39 is 0 Å². The van der Waals surface area contributed by atoms with E-state index in [9.17, 15) is 9.59 Å². The van der Waals surface area contributed by atoms with Crippen LogP contribution >= 0.6 is 23.1 Å². The van der Waals surface area contributed by atoms with Crippen molar-refractivity contribution < 1.29 is 14.3 Å². The summed E-state index contributed by atoms with van der Waals surface area (Å²) in [4.78, 5) is 34.6. The molecule has 7 nitrogen and oxygen atoms in total. The van der Waals surface area contributed by atoms with E-state index >= 15 is 0 Å². The van der Waals surface area contributed by atoms with Crippen LogP contribution in [0.15, 0.2) is 28.2 Å². The number of ether oxygens (including phenoxy) is 2. The molecule has 1 aliphatic rings. The number of fused-ring (bicyclic) bond motifs is 3. The molecule has 2 N–H and O–H groups in total. The van der Waals surface area contributed by atoms with Crippen LogP contribution in [0.5, 0.6) is 11.5 Å². The second kappa shape index (κ2) is 8.69. The predicted molar refractivity (Wildman–Crippen MR) is 120 cm³/mol. The number of nitrogens with one attached hydrogen (secondary N) is 2. The maximum Gasteiger partial charge on any atom is 0.260 e. The van der Waals surface area contributed by atoms with Gasteiger partial charge in [-0.3, -0.25) is 9.59 Å². The molecule has 3 aromatic rings. The molecule has 0 aliphatic heterocycles. The number of carbonyl (C=O) groups is 1. The summed E-state index contributed by atoms with van der Waals surface area (Å²) in [6.45, 7) is 2.24. The van der Waals surface area contributed by atoms with E-state index in [2.05, 4.69) is 22.2 Å². The number of nitrogens with zero attached hydrogens (tertiary/aromatic N) is 1. The number of thioether (sulfide) groups is 1. The molecular weight excluding hydrogens is 422 g/mol. The number of H-pyrrole nitrogens is 1. The zero-order valence-electron chi connectivity index (χ0n) is 17.0. The Kier molecular flexibility index (Phi) is 6.01. The summed E-state index contributed by atoms with van der Waals surface area (Å²) < 4.78 is 10.5. The largest absolute Gasteiger partial charge is 0.497 e. The number of benzene rings is 1. The molecule has 0 saturated carbocycles. The Morgan fingerprint density at radius 3 is 2.97 bits per heavy atom. The van der Waals surface area contributed by atoms with E-state index in [-0.39, 0.29) is 17.2 Å². The van der Waals surface area contributed by atoms with E-state index in [1.807, 2.05) is 0 Å². The number of hydrogen-bond acceptors (Lipinski definition) is 7. The van der Waals surface area contributed by atoms with E-state index in [1.54, 1.807) is 36.6 Å². The van der Waals surface area contributed by atoms with Crippen LogP contribution in [0.1, 0.15) is 23.8 Å². The van der Waals surface area contributed by atoms with Gasteiger partial charge in [0.05, 0.1) is 31.0 Å². The molecule has 0 saturated heterocycles. The van der Waals surface area contributed by atoms with Crippen LogP contribution < -0.4 is 20.3 Å². The van der Waals surface area contributed by atoms with Gasteiger partial charge in [-0.05, 0) is 42.9 Å². The lowest BCUT2D eigenvalue weighted by Gasteiger charge is -2.17. The lowest BCUT2D eigenvalue weighted by molar-refractivity contribution is -0.113. The fourth-order valence-corrected chi connectivity index (χ4v) is 5.72. The fourth-order valence-electron chi connectivity index (χ4n) is 3.62. The van der Waals surface area contributed by atoms with Gasteiger partial charge >= 0.3 is 0 Å². The molecule has 1 amide bonds. The van der Waals surface area contributed by atoms with Crippen LogP contribution in [0, 0.1) is 5.92 Å². The molecule has 0 radical (unpaired) electrons. The third kappa shape index (κ3) is 4.17. The third-order valence-corrected chi connectivity index (χ3v) is 7.19. The van der Waals surface area contributed by atoms with Gasteiger partial charge in [0.2, 0.25) is 5.91 Å². The van der Waals surface area contributed by atoms with Gasteiger partial charge in [0.25, 0.3) is 5.56 Å². The molecule has 2 heterocycles. The van der Waals surface area contributed by atoms with Crippen molar-refractivity contribution in [2.75, 3.05) is 25.3 Å². The van der Waals surface area contributed by atoms with Crippen LogP contribution in [0.3, 0.4) is 0 Å². The highest BCUT2D eigenvalue weighted by Crippen LogP contribution is 2.36. The Morgan fingerprint density at radius 2 is 2.20 bits per heavy atom. The highest BCUT2D eigenvalue weighted by Gasteiger charge is 2.23. The van der Waals surface area contributed by atoms with Crippen molar-refractivity contribution in [1.29, 1.82) is 0 Å². The number of thiophene rings is 1. The zero-order chi connectivity index (χ0) is 21.3. The Bertz CT molecular complexity index is 1160. The number of rotatable bonds is 6. The molecule has 0 bridgehead atoms. The van der Waals surface area contributed by atoms with Gasteiger partial charge in [0.1, 0.15) is 16.3 Å². The molecular formula is C21H23N3O4S2. The van der Waals surface area contributed by atoms with E-state index in [1.165, 1.54) is 23.7 Å². The maximum atomic E-state index is 12.7. The SMILES string of the molecule is COc1ccc(NC(=O)CSc2nc3sc4c(c3c(=O)[nH]2)CC[C@H](C)C4)c(OC)c1. The number of carbonyl (C=O) groups excluding carboxylic acids is 1. The van der Waals surface area contributed by atoms with Crippen molar-refractivity contribution in [3.8, 4) is 11.5 Å². The van der Waals surface area contributed by atoms with Gasteiger partial charge in [0.15, 0.2) is 5.16 Å². The van der Waals surface area contributed by atoms with Crippen molar-refractivity contribution in [2.24, 2.45) is 5.92 Å². The first-order valence-corrected chi connectivity index (χ1v) is 11.5. The minimum Gasteiger partial charge on any atom is -0.497 e. The van der Waals surface area contributed by atoms with Crippen molar-refractivity contribution in [1.82, 2.24) is 9.97 Å². The number of aromatic nitrogens is 2. The molecule has 0 unspecified atom stereocenters.